The molecule has 7 heteroatoms. The van der Waals surface area contributed by atoms with Crippen molar-refractivity contribution >= 4 is 23.2 Å². The summed E-state index contributed by atoms with van der Waals surface area (Å²) < 4.78 is 32.2. The van der Waals surface area contributed by atoms with Crippen LogP contribution in [0.5, 0.6) is 0 Å². The van der Waals surface area contributed by atoms with Gasteiger partial charge in [0.05, 0.1) is 11.4 Å². The van der Waals surface area contributed by atoms with E-state index >= 15 is 0 Å². The number of anilines is 2. The number of benzene rings is 1. The van der Waals surface area contributed by atoms with Crippen LogP contribution in [-0.2, 0) is 14.3 Å². The first-order valence-corrected chi connectivity index (χ1v) is 7.24. The molecular formula is C15H16F2N2O3. The maximum Gasteiger partial charge on any atom is 0.244 e. The fraction of sp³-hybridized carbons (Fsp3) is 0.467. The maximum atomic E-state index is 13.5. The van der Waals surface area contributed by atoms with Crippen molar-refractivity contribution in [3.05, 3.63) is 23.8 Å². The van der Waals surface area contributed by atoms with Gasteiger partial charge in [-0.25, -0.2) is 8.78 Å². The van der Waals surface area contributed by atoms with E-state index in [0.29, 0.717) is 26.1 Å². The Morgan fingerprint density at radius 1 is 1.23 bits per heavy atom. The standard InChI is InChI=1S/C15H16F2N2O3/c16-10-6-12-13(7-11(10)17)19(8-14(20)18-12)15(21)9-2-1-4-22-5-3-9/h6-7,9H,1-5,8H2,(H,18,20). The number of carbonyl (C=O) groups is 2. The minimum Gasteiger partial charge on any atom is -0.381 e. The summed E-state index contributed by atoms with van der Waals surface area (Å²) in [7, 11) is 0. The average molecular weight is 310 g/mol. The molecule has 118 valence electrons. The van der Waals surface area contributed by atoms with Crippen molar-refractivity contribution in [1.82, 2.24) is 0 Å². The average Bonchev–Trinajstić information content (AvgIpc) is 2.76. The Kier molecular flexibility index (Phi) is 4.06. The van der Waals surface area contributed by atoms with E-state index in [1.807, 2.05) is 0 Å². The first-order valence-electron chi connectivity index (χ1n) is 7.24. The number of fused-ring (bicyclic) bond motifs is 1. The van der Waals surface area contributed by atoms with E-state index in [1.54, 1.807) is 0 Å². The topological polar surface area (TPSA) is 58.6 Å². The number of hydrogen-bond acceptors (Lipinski definition) is 3. The van der Waals surface area contributed by atoms with Gasteiger partial charge in [-0.3, -0.25) is 9.59 Å². The van der Waals surface area contributed by atoms with E-state index in [-0.39, 0.29) is 29.7 Å². The normalized spacial score (nSPS) is 21.8. The molecule has 1 N–H and O–H groups in total. The number of nitrogens with zero attached hydrogens (tertiary/aromatic N) is 1. The quantitative estimate of drug-likeness (QED) is 0.864. The van der Waals surface area contributed by atoms with Crippen LogP contribution in [0.2, 0.25) is 0 Å². The summed E-state index contributed by atoms with van der Waals surface area (Å²) >= 11 is 0. The molecule has 22 heavy (non-hydrogen) atoms. The van der Waals surface area contributed by atoms with Crippen LogP contribution in [0.1, 0.15) is 19.3 Å². The second-order valence-electron chi connectivity index (χ2n) is 5.50. The third-order valence-corrected chi connectivity index (χ3v) is 3.97. The van der Waals surface area contributed by atoms with Crippen LogP contribution in [-0.4, -0.2) is 31.6 Å². The minimum absolute atomic E-state index is 0.119. The molecule has 1 aromatic rings. The highest BCUT2D eigenvalue weighted by Gasteiger charge is 2.32. The van der Waals surface area contributed by atoms with Crippen molar-refractivity contribution in [3.63, 3.8) is 0 Å². The van der Waals surface area contributed by atoms with E-state index < -0.39 is 17.5 Å². The number of rotatable bonds is 1. The third kappa shape index (κ3) is 2.81. The Labute approximate surface area is 126 Å². The molecule has 0 bridgehead atoms. The smallest absolute Gasteiger partial charge is 0.244 e. The zero-order valence-corrected chi connectivity index (χ0v) is 11.9. The molecule has 1 atom stereocenters. The lowest BCUT2D eigenvalue weighted by Crippen LogP contribution is -2.45. The first-order chi connectivity index (χ1) is 10.6. The molecule has 0 spiro atoms. The van der Waals surface area contributed by atoms with Crippen molar-refractivity contribution in [1.29, 1.82) is 0 Å². The largest absolute Gasteiger partial charge is 0.381 e. The second kappa shape index (κ2) is 6.00. The third-order valence-electron chi connectivity index (χ3n) is 3.97. The molecular weight excluding hydrogens is 294 g/mol. The molecule has 1 saturated heterocycles. The molecule has 3 rings (SSSR count). The Morgan fingerprint density at radius 2 is 2.00 bits per heavy atom. The zero-order valence-electron chi connectivity index (χ0n) is 11.9. The number of hydrogen-bond donors (Lipinski definition) is 1. The molecule has 0 radical (unpaired) electrons. The summed E-state index contributed by atoms with van der Waals surface area (Å²) in [6.07, 6.45) is 1.99. The first kappa shape index (κ1) is 14.9. The summed E-state index contributed by atoms with van der Waals surface area (Å²) in [4.78, 5) is 25.7. The molecule has 2 aliphatic heterocycles. The van der Waals surface area contributed by atoms with Crippen molar-refractivity contribution in [2.75, 3.05) is 30.0 Å². The van der Waals surface area contributed by atoms with Crippen molar-refractivity contribution in [3.8, 4) is 0 Å². The Bertz CT molecular complexity index is 613. The van der Waals surface area contributed by atoms with Crippen LogP contribution >= 0.6 is 0 Å². The number of amides is 2. The zero-order chi connectivity index (χ0) is 15.7. The summed E-state index contributed by atoms with van der Waals surface area (Å²) in [5.74, 6) is -3.04. The van der Waals surface area contributed by atoms with Gasteiger partial charge in [0, 0.05) is 31.3 Å². The highest BCUT2D eigenvalue weighted by molar-refractivity contribution is 6.10. The fourth-order valence-electron chi connectivity index (χ4n) is 2.85. The molecule has 0 aliphatic carbocycles. The van der Waals surface area contributed by atoms with Crippen LogP contribution < -0.4 is 10.2 Å². The molecule has 1 fully saturated rings. The van der Waals surface area contributed by atoms with Crippen LogP contribution in [0.3, 0.4) is 0 Å². The van der Waals surface area contributed by atoms with Gasteiger partial charge in [-0.05, 0) is 19.3 Å². The molecule has 1 unspecified atom stereocenters. The summed E-state index contributed by atoms with van der Waals surface area (Å²) in [6, 6.07) is 1.85. The Balaban J connectivity index is 1.92. The van der Waals surface area contributed by atoms with Gasteiger partial charge in [0.25, 0.3) is 0 Å². The van der Waals surface area contributed by atoms with E-state index in [2.05, 4.69) is 5.32 Å². The molecule has 2 heterocycles. The highest BCUT2D eigenvalue weighted by atomic mass is 19.2. The van der Waals surface area contributed by atoms with Gasteiger partial charge in [0.2, 0.25) is 11.8 Å². The van der Waals surface area contributed by atoms with E-state index in [1.165, 1.54) is 4.90 Å². The number of carbonyl (C=O) groups excluding carboxylic acids is 2. The van der Waals surface area contributed by atoms with Gasteiger partial charge < -0.3 is 15.0 Å². The van der Waals surface area contributed by atoms with E-state index in [0.717, 1.165) is 18.6 Å². The van der Waals surface area contributed by atoms with Gasteiger partial charge in [-0.2, -0.15) is 0 Å². The lowest BCUT2D eigenvalue weighted by atomic mass is 9.98. The van der Waals surface area contributed by atoms with Gasteiger partial charge in [-0.1, -0.05) is 0 Å². The van der Waals surface area contributed by atoms with Crippen LogP contribution in [0.25, 0.3) is 0 Å². The van der Waals surface area contributed by atoms with Crippen molar-refractivity contribution < 1.29 is 23.1 Å². The number of ether oxygens (including phenoxy) is 1. The van der Waals surface area contributed by atoms with Gasteiger partial charge in [0.1, 0.15) is 6.54 Å². The predicted octanol–water partition coefficient (Wildman–Crippen LogP) is 2.07. The predicted molar refractivity (Wildman–Crippen MR) is 75.5 cm³/mol. The maximum absolute atomic E-state index is 13.5. The van der Waals surface area contributed by atoms with Gasteiger partial charge in [0.15, 0.2) is 11.6 Å². The number of nitrogens with one attached hydrogen (secondary N) is 1. The minimum atomic E-state index is -1.06. The highest BCUT2D eigenvalue weighted by Crippen LogP contribution is 2.33. The number of halogens is 2. The Hall–Kier alpha value is -2.02. The summed E-state index contributed by atoms with van der Waals surface area (Å²) in [5, 5.41) is 2.46. The van der Waals surface area contributed by atoms with E-state index in [4.69, 9.17) is 4.74 Å². The van der Waals surface area contributed by atoms with Crippen molar-refractivity contribution in [2.24, 2.45) is 5.92 Å². The molecule has 1 aromatic carbocycles. The summed E-state index contributed by atoms with van der Waals surface area (Å²) in [5.41, 5.74) is 0.321. The fourth-order valence-corrected chi connectivity index (χ4v) is 2.85. The molecule has 0 saturated carbocycles. The lowest BCUT2D eigenvalue weighted by Gasteiger charge is -2.31. The molecule has 2 aliphatic rings. The monoisotopic (exact) mass is 310 g/mol. The molecule has 5 nitrogen and oxygen atoms in total. The van der Waals surface area contributed by atoms with Gasteiger partial charge >= 0.3 is 0 Å². The van der Waals surface area contributed by atoms with E-state index in [9.17, 15) is 18.4 Å². The molecule has 2 amide bonds. The molecule has 0 aromatic heterocycles. The van der Waals surface area contributed by atoms with Gasteiger partial charge in [-0.15, -0.1) is 0 Å². The van der Waals surface area contributed by atoms with Crippen LogP contribution in [0, 0.1) is 17.6 Å². The van der Waals surface area contributed by atoms with Crippen molar-refractivity contribution in [2.45, 2.75) is 19.3 Å². The summed E-state index contributed by atoms with van der Waals surface area (Å²) in [6.45, 7) is 0.913. The second-order valence-corrected chi connectivity index (χ2v) is 5.50. The SMILES string of the molecule is O=C1CN(C(=O)C2CCCOCC2)c2cc(F)c(F)cc2N1. The lowest BCUT2D eigenvalue weighted by molar-refractivity contribution is -0.125. The Morgan fingerprint density at radius 3 is 2.82 bits per heavy atom. The van der Waals surface area contributed by atoms with Crippen LogP contribution in [0.15, 0.2) is 12.1 Å². The van der Waals surface area contributed by atoms with Crippen LogP contribution in [0.4, 0.5) is 20.2 Å².